The summed E-state index contributed by atoms with van der Waals surface area (Å²) < 4.78 is 7.19. The second-order valence-electron chi connectivity index (χ2n) is 9.00. The molecule has 8 nitrogen and oxygen atoms in total. The Morgan fingerprint density at radius 2 is 1.79 bits per heavy atom. The second kappa shape index (κ2) is 7.73. The standard InChI is InChI=1S/C20H33N5O3/c1-20(2,3)28-19(27)25-12-9-16-15(13-25)17(24(6)21-16)18(26)23(5)14-7-10-22(4)11-8-14/h14H,7-13H2,1-6H3. The Kier molecular flexibility index (Phi) is 5.70. The third-order valence-electron chi connectivity index (χ3n) is 5.61. The molecule has 8 heteroatoms. The van der Waals surface area contributed by atoms with E-state index in [1.807, 2.05) is 39.8 Å². The van der Waals surface area contributed by atoms with E-state index in [9.17, 15) is 9.59 Å². The van der Waals surface area contributed by atoms with Crippen LogP contribution in [0.2, 0.25) is 0 Å². The highest BCUT2D eigenvalue weighted by molar-refractivity contribution is 5.94. The fraction of sp³-hybridized carbons (Fsp3) is 0.750. The van der Waals surface area contributed by atoms with Crippen LogP contribution >= 0.6 is 0 Å². The molecule has 0 aromatic carbocycles. The van der Waals surface area contributed by atoms with Crippen molar-refractivity contribution in [2.75, 3.05) is 33.7 Å². The maximum Gasteiger partial charge on any atom is 0.410 e. The van der Waals surface area contributed by atoms with Gasteiger partial charge in [0.15, 0.2) is 0 Å². The summed E-state index contributed by atoms with van der Waals surface area (Å²) in [5, 5.41) is 4.56. The van der Waals surface area contributed by atoms with Gasteiger partial charge in [0.05, 0.1) is 12.2 Å². The highest BCUT2D eigenvalue weighted by Crippen LogP contribution is 2.26. The van der Waals surface area contributed by atoms with E-state index in [-0.39, 0.29) is 18.0 Å². The minimum absolute atomic E-state index is 0.0168. The number of likely N-dealkylation sites (tertiary alicyclic amines) is 1. The van der Waals surface area contributed by atoms with Gasteiger partial charge < -0.3 is 19.4 Å². The lowest BCUT2D eigenvalue weighted by Gasteiger charge is -2.35. The monoisotopic (exact) mass is 391 g/mol. The molecule has 156 valence electrons. The van der Waals surface area contributed by atoms with Crippen LogP contribution < -0.4 is 0 Å². The predicted octanol–water partition coefficient (Wildman–Crippen LogP) is 1.88. The molecule has 1 aromatic rings. The van der Waals surface area contributed by atoms with Gasteiger partial charge in [-0.1, -0.05) is 0 Å². The number of piperidine rings is 1. The Bertz CT molecular complexity index is 744. The second-order valence-corrected chi connectivity index (χ2v) is 9.00. The highest BCUT2D eigenvalue weighted by Gasteiger charge is 2.34. The first-order valence-electron chi connectivity index (χ1n) is 10.0. The van der Waals surface area contributed by atoms with Crippen molar-refractivity contribution in [1.29, 1.82) is 0 Å². The van der Waals surface area contributed by atoms with E-state index in [4.69, 9.17) is 4.74 Å². The van der Waals surface area contributed by atoms with Crippen LogP contribution in [0.5, 0.6) is 0 Å². The summed E-state index contributed by atoms with van der Waals surface area (Å²) in [6.45, 7) is 8.48. The van der Waals surface area contributed by atoms with Crippen molar-refractivity contribution in [2.45, 2.75) is 58.2 Å². The van der Waals surface area contributed by atoms with Crippen molar-refractivity contribution >= 4 is 12.0 Å². The van der Waals surface area contributed by atoms with Gasteiger partial charge in [0.25, 0.3) is 5.91 Å². The first-order chi connectivity index (χ1) is 13.1. The van der Waals surface area contributed by atoms with Gasteiger partial charge in [-0.15, -0.1) is 0 Å². The number of hydrogen-bond donors (Lipinski definition) is 0. The third-order valence-corrected chi connectivity index (χ3v) is 5.61. The molecule has 0 atom stereocenters. The Labute approximate surface area is 167 Å². The van der Waals surface area contributed by atoms with E-state index in [0.29, 0.717) is 25.2 Å². The highest BCUT2D eigenvalue weighted by atomic mass is 16.6. The maximum absolute atomic E-state index is 13.3. The van der Waals surface area contributed by atoms with Crippen LogP contribution in [0.3, 0.4) is 0 Å². The molecule has 2 aliphatic heterocycles. The van der Waals surface area contributed by atoms with E-state index in [1.165, 1.54) is 0 Å². The quantitative estimate of drug-likeness (QED) is 0.770. The number of ether oxygens (including phenoxy) is 1. The van der Waals surface area contributed by atoms with Gasteiger partial charge in [-0.05, 0) is 53.8 Å². The van der Waals surface area contributed by atoms with Crippen LogP contribution in [0, 0.1) is 0 Å². The first kappa shape index (κ1) is 20.6. The largest absolute Gasteiger partial charge is 0.444 e. The lowest BCUT2D eigenvalue weighted by atomic mass is 10.0. The smallest absolute Gasteiger partial charge is 0.410 e. The van der Waals surface area contributed by atoms with Gasteiger partial charge in [-0.3, -0.25) is 9.48 Å². The van der Waals surface area contributed by atoms with Gasteiger partial charge in [0, 0.05) is 38.7 Å². The summed E-state index contributed by atoms with van der Waals surface area (Å²) in [5.41, 5.74) is 1.80. The van der Waals surface area contributed by atoms with E-state index in [0.717, 1.165) is 37.2 Å². The van der Waals surface area contributed by atoms with Crippen molar-refractivity contribution in [3.8, 4) is 0 Å². The molecule has 3 heterocycles. The number of amides is 2. The third kappa shape index (κ3) is 4.32. The average molecular weight is 392 g/mol. The number of carbonyl (C=O) groups excluding carboxylic acids is 2. The Hall–Kier alpha value is -2.09. The number of fused-ring (bicyclic) bond motifs is 1. The molecular formula is C20H33N5O3. The number of aromatic nitrogens is 2. The number of nitrogens with zero attached hydrogens (tertiary/aromatic N) is 5. The van der Waals surface area contributed by atoms with Gasteiger partial charge in [0.1, 0.15) is 11.3 Å². The molecule has 0 saturated carbocycles. The minimum Gasteiger partial charge on any atom is -0.444 e. The van der Waals surface area contributed by atoms with Crippen LogP contribution in [0.25, 0.3) is 0 Å². The summed E-state index contributed by atoms with van der Waals surface area (Å²) >= 11 is 0. The van der Waals surface area contributed by atoms with Gasteiger partial charge in [0.2, 0.25) is 0 Å². The molecule has 0 N–H and O–H groups in total. The molecule has 0 spiro atoms. The van der Waals surface area contributed by atoms with Gasteiger partial charge in [-0.2, -0.15) is 5.10 Å². The van der Waals surface area contributed by atoms with Crippen LogP contribution in [-0.4, -0.2) is 81.9 Å². The number of hydrogen-bond acceptors (Lipinski definition) is 5. The van der Waals surface area contributed by atoms with Crippen molar-refractivity contribution in [2.24, 2.45) is 7.05 Å². The number of rotatable bonds is 2. The average Bonchev–Trinajstić information content (AvgIpc) is 2.94. The summed E-state index contributed by atoms with van der Waals surface area (Å²) in [6, 6.07) is 0.236. The van der Waals surface area contributed by atoms with Crippen LogP contribution in [0.4, 0.5) is 4.79 Å². The van der Waals surface area contributed by atoms with E-state index in [2.05, 4.69) is 17.0 Å². The van der Waals surface area contributed by atoms with Crippen LogP contribution in [0.15, 0.2) is 0 Å². The molecule has 1 fully saturated rings. The fourth-order valence-corrected chi connectivity index (χ4v) is 3.97. The van der Waals surface area contributed by atoms with Crippen molar-refractivity contribution in [1.82, 2.24) is 24.5 Å². The molecule has 28 heavy (non-hydrogen) atoms. The minimum atomic E-state index is -0.542. The molecule has 0 unspecified atom stereocenters. The van der Waals surface area contributed by atoms with Crippen molar-refractivity contribution in [3.63, 3.8) is 0 Å². The Balaban J connectivity index is 1.78. The summed E-state index contributed by atoms with van der Waals surface area (Å²) in [6.07, 6.45) is 2.24. The van der Waals surface area contributed by atoms with Gasteiger partial charge in [-0.25, -0.2) is 4.79 Å². The molecule has 1 saturated heterocycles. The molecule has 1 aromatic heterocycles. The zero-order valence-corrected chi connectivity index (χ0v) is 18.0. The number of carbonyl (C=O) groups is 2. The molecule has 3 rings (SSSR count). The lowest BCUT2D eigenvalue weighted by Crippen LogP contribution is -2.45. The molecule has 0 bridgehead atoms. The maximum atomic E-state index is 13.3. The number of aryl methyl sites for hydroxylation is 1. The topological polar surface area (TPSA) is 70.9 Å². The van der Waals surface area contributed by atoms with Crippen LogP contribution in [0.1, 0.15) is 55.4 Å². The van der Waals surface area contributed by atoms with Gasteiger partial charge >= 0.3 is 6.09 Å². The van der Waals surface area contributed by atoms with E-state index in [1.54, 1.807) is 9.58 Å². The Morgan fingerprint density at radius 3 is 2.39 bits per heavy atom. The SMILES string of the molecule is CN1CCC(N(C)C(=O)c2c3c(nn2C)CCN(C(=O)OC(C)(C)C)C3)CC1. The molecule has 0 radical (unpaired) electrons. The normalized spacial score (nSPS) is 18.7. The predicted molar refractivity (Wildman–Crippen MR) is 106 cm³/mol. The van der Waals surface area contributed by atoms with E-state index >= 15 is 0 Å². The van der Waals surface area contributed by atoms with Crippen molar-refractivity contribution in [3.05, 3.63) is 17.0 Å². The zero-order valence-electron chi connectivity index (χ0n) is 18.0. The molecule has 2 aliphatic rings. The van der Waals surface area contributed by atoms with Crippen molar-refractivity contribution < 1.29 is 14.3 Å². The lowest BCUT2D eigenvalue weighted by molar-refractivity contribution is 0.0221. The fourth-order valence-electron chi connectivity index (χ4n) is 3.97. The first-order valence-corrected chi connectivity index (χ1v) is 10.0. The molecular weight excluding hydrogens is 358 g/mol. The summed E-state index contributed by atoms with van der Waals surface area (Å²) in [5.74, 6) is -0.0168. The summed E-state index contributed by atoms with van der Waals surface area (Å²) in [7, 11) is 5.80. The van der Waals surface area contributed by atoms with E-state index < -0.39 is 5.60 Å². The molecule has 2 amide bonds. The van der Waals surface area contributed by atoms with Crippen LogP contribution in [-0.2, 0) is 24.8 Å². The molecule has 0 aliphatic carbocycles. The zero-order chi connectivity index (χ0) is 20.6. The summed E-state index contributed by atoms with van der Waals surface area (Å²) in [4.78, 5) is 31.6. The Morgan fingerprint density at radius 1 is 1.14 bits per heavy atom.